The van der Waals surface area contributed by atoms with Crippen molar-refractivity contribution >= 4 is 11.9 Å². The Morgan fingerprint density at radius 1 is 1.59 bits per heavy atom. The summed E-state index contributed by atoms with van der Waals surface area (Å²) in [5.74, 6) is -1.70. The second-order valence-corrected chi connectivity index (χ2v) is 3.53. The van der Waals surface area contributed by atoms with E-state index in [2.05, 4.69) is 10.3 Å². The number of aromatic carboxylic acids is 1. The van der Waals surface area contributed by atoms with Gasteiger partial charge in [-0.1, -0.05) is 0 Å². The van der Waals surface area contributed by atoms with E-state index < -0.39 is 11.9 Å². The highest BCUT2D eigenvalue weighted by Gasteiger charge is 2.18. The first kappa shape index (κ1) is 13.1. The highest BCUT2D eigenvalue weighted by molar-refractivity contribution is 6.03. The molecule has 0 bridgehead atoms. The van der Waals surface area contributed by atoms with Crippen molar-refractivity contribution in [2.24, 2.45) is 0 Å². The lowest BCUT2D eigenvalue weighted by atomic mass is 10.2. The van der Waals surface area contributed by atoms with Gasteiger partial charge < -0.3 is 15.2 Å². The smallest absolute Gasteiger partial charge is 0.338 e. The van der Waals surface area contributed by atoms with E-state index >= 15 is 0 Å². The van der Waals surface area contributed by atoms with E-state index in [9.17, 15) is 9.59 Å². The summed E-state index contributed by atoms with van der Waals surface area (Å²) in [4.78, 5) is 26.4. The van der Waals surface area contributed by atoms with E-state index in [4.69, 9.17) is 9.84 Å². The highest BCUT2D eigenvalue weighted by Crippen LogP contribution is 2.05. The van der Waals surface area contributed by atoms with Crippen molar-refractivity contribution in [3.8, 4) is 0 Å². The average Bonchev–Trinajstić information content (AvgIpc) is 2.29. The molecule has 1 atom stereocenters. The SMILES string of the molecule is COCC(C)NC(=O)c1ncccc1C(=O)O. The first-order valence-corrected chi connectivity index (χ1v) is 5.04. The van der Waals surface area contributed by atoms with Gasteiger partial charge in [-0.2, -0.15) is 0 Å². The lowest BCUT2D eigenvalue weighted by Gasteiger charge is -2.12. The number of aromatic nitrogens is 1. The van der Waals surface area contributed by atoms with Crippen LogP contribution in [0.2, 0.25) is 0 Å². The summed E-state index contributed by atoms with van der Waals surface area (Å²) >= 11 is 0. The monoisotopic (exact) mass is 238 g/mol. The van der Waals surface area contributed by atoms with E-state index in [1.807, 2.05) is 0 Å². The molecular formula is C11H14N2O4. The molecule has 0 radical (unpaired) electrons. The quantitative estimate of drug-likeness (QED) is 0.781. The van der Waals surface area contributed by atoms with Gasteiger partial charge in [0.1, 0.15) is 5.69 Å². The number of pyridine rings is 1. The molecule has 6 nitrogen and oxygen atoms in total. The molecule has 0 fully saturated rings. The average molecular weight is 238 g/mol. The van der Waals surface area contributed by atoms with Crippen LogP contribution in [0.3, 0.4) is 0 Å². The fourth-order valence-electron chi connectivity index (χ4n) is 1.34. The molecule has 17 heavy (non-hydrogen) atoms. The predicted octanol–water partition coefficient (Wildman–Crippen LogP) is 0.544. The molecule has 1 aromatic rings. The van der Waals surface area contributed by atoms with Crippen LogP contribution in [-0.2, 0) is 4.74 Å². The van der Waals surface area contributed by atoms with Crippen molar-refractivity contribution in [3.63, 3.8) is 0 Å². The summed E-state index contributed by atoms with van der Waals surface area (Å²) in [6.07, 6.45) is 1.38. The summed E-state index contributed by atoms with van der Waals surface area (Å²) < 4.78 is 4.87. The fraction of sp³-hybridized carbons (Fsp3) is 0.364. The number of ether oxygens (including phenoxy) is 1. The zero-order valence-corrected chi connectivity index (χ0v) is 9.64. The Labute approximate surface area is 98.6 Å². The molecule has 0 saturated heterocycles. The largest absolute Gasteiger partial charge is 0.478 e. The van der Waals surface area contributed by atoms with Crippen LogP contribution < -0.4 is 5.32 Å². The Kier molecular flexibility index (Phi) is 4.59. The van der Waals surface area contributed by atoms with Crippen molar-refractivity contribution in [1.29, 1.82) is 0 Å². The summed E-state index contributed by atoms with van der Waals surface area (Å²) in [6, 6.07) is 2.60. The van der Waals surface area contributed by atoms with E-state index in [0.717, 1.165) is 0 Å². The zero-order valence-electron chi connectivity index (χ0n) is 9.64. The van der Waals surface area contributed by atoms with Gasteiger partial charge in [-0.25, -0.2) is 4.79 Å². The number of amides is 1. The van der Waals surface area contributed by atoms with Gasteiger partial charge in [0, 0.05) is 19.3 Å². The summed E-state index contributed by atoms with van der Waals surface area (Å²) in [5.41, 5.74) is -0.211. The van der Waals surface area contributed by atoms with Gasteiger partial charge >= 0.3 is 5.97 Å². The third-order valence-electron chi connectivity index (χ3n) is 2.05. The van der Waals surface area contributed by atoms with Gasteiger partial charge in [0.15, 0.2) is 0 Å². The second kappa shape index (κ2) is 5.95. The molecule has 0 spiro atoms. The molecule has 0 aliphatic carbocycles. The summed E-state index contributed by atoms with van der Waals surface area (Å²) in [5, 5.41) is 11.5. The molecule has 6 heteroatoms. The fourth-order valence-corrected chi connectivity index (χ4v) is 1.34. The van der Waals surface area contributed by atoms with Crippen LogP contribution in [0, 0.1) is 0 Å². The molecule has 1 aromatic heterocycles. The van der Waals surface area contributed by atoms with E-state index in [1.54, 1.807) is 6.92 Å². The third-order valence-corrected chi connectivity index (χ3v) is 2.05. The number of nitrogens with zero attached hydrogens (tertiary/aromatic N) is 1. The Morgan fingerprint density at radius 2 is 2.29 bits per heavy atom. The lowest BCUT2D eigenvalue weighted by Crippen LogP contribution is -2.36. The van der Waals surface area contributed by atoms with E-state index in [0.29, 0.717) is 6.61 Å². The number of rotatable bonds is 5. The van der Waals surface area contributed by atoms with Gasteiger partial charge in [0.25, 0.3) is 5.91 Å². The number of nitrogens with one attached hydrogen (secondary N) is 1. The number of hydrogen-bond acceptors (Lipinski definition) is 4. The molecule has 1 heterocycles. The third kappa shape index (κ3) is 3.53. The molecule has 0 aliphatic rings. The van der Waals surface area contributed by atoms with Crippen LogP contribution in [-0.4, -0.2) is 41.7 Å². The van der Waals surface area contributed by atoms with Crippen LogP contribution in [0.5, 0.6) is 0 Å². The maximum atomic E-state index is 11.8. The van der Waals surface area contributed by atoms with Crippen LogP contribution in [0.1, 0.15) is 27.8 Å². The number of hydrogen-bond donors (Lipinski definition) is 2. The molecule has 92 valence electrons. The zero-order chi connectivity index (χ0) is 12.8. The Balaban J connectivity index is 2.85. The van der Waals surface area contributed by atoms with Crippen LogP contribution >= 0.6 is 0 Å². The van der Waals surface area contributed by atoms with Crippen LogP contribution in [0.25, 0.3) is 0 Å². The minimum absolute atomic E-state index is 0.0945. The lowest BCUT2D eigenvalue weighted by molar-refractivity contribution is 0.0688. The van der Waals surface area contributed by atoms with Crippen molar-refractivity contribution in [3.05, 3.63) is 29.6 Å². The molecule has 1 amide bonds. The van der Waals surface area contributed by atoms with E-state index in [1.165, 1.54) is 25.4 Å². The maximum absolute atomic E-state index is 11.8. The minimum Gasteiger partial charge on any atom is -0.478 e. The van der Waals surface area contributed by atoms with Crippen LogP contribution in [0.15, 0.2) is 18.3 Å². The highest BCUT2D eigenvalue weighted by atomic mass is 16.5. The molecule has 2 N–H and O–H groups in total. The summed E-state index contributed by atoms with van der Waals surface area (Å²) in [7, 11) is 1.52. The van der Waals surface area contributed by atoms with Crippen molar-refractivity contribution in [2.75, 3.05) is 13.7 Å². The molecule has 0 saturated carbocycles. The van der Waals surface area contributed by atoms with Crippen molar-refractivity contribution < 1.29 is 19.4 Å². The summed E-state index contributed by atoms with van der Waals surface area (Å²) in [6.45, 7) is 2.10. The molecule has 0 aliphatic heterocycles. The van der Waals surface area contributed by atoms with Crippen LogP contribution in [0.4, 0.5) is 0 Å². The standard InChI is InChI=1S/C11H14N2O4/c1-7(6-17-2)13-10(14)9-8(11(15)16)4-3-5-12-9/h3-5,7H,6H2,1-2H3,(H,13,14)(H,15,16). The normalized spacial score (nSPS) is 11.9. The Hall–Kier alpha value is -1.95. The molecule has 1 unspecified atom stereocenters. The van der Waals surface area contributed by atoms with Crippen molar-refractivity contribution in [1.82, 2.24) is 10.3 Å². The van der Waals surface area contributed by atoms with Gasteiger partial charge in [-0.3, -0.25) is 9.78 Å². The number of carboxylic acid groups (broad SMARTS) is 1. The first-order chi connectivity index (χ1) is 8.06. The maximum Gasteiger partial charge on any atom is 0.338 e. The molecular weight excluding hydrogens is 224 g/mol. The Morgan fingerprint density at radius 3 is 2.88 bits per heavy atom. The minimum atomic E-state index is -1.18. The number of methoxy groups -OCH3 is 1. The van der Waals surface area contributed by atoms with Gasteiger partial charge in [0.2, 0.25) is 0 Å². The predicted molar refractivity (Wildman–Crippen MR) is 60.0 cm³/mol. The van der Waals surface area contributed by atoms with Gasteiger partial charge in [-0.15, -0.1) is 0 Å². The number of carbonyl (C=O) groups is 2. The van der Waals surface area contributed by atoms with E-state index in [-0.39, 0.29) is 17.3 Å². The number of carbonyl (C=O) groups excluding carboxylic acids is 1. The molecule has 0 aromatic carbocycles. The topological polar surface area (TPSA) is 88.5 Å². The number of carboxylic acids is 1. The van der Waals surface area contributed by atoms with Crippen molar-refractivity contribution in [2.45, 2.75) is 13.0 Å². The van der Waals surface area contributed by atoms with Gasteiger partial charge in [-0.05, 0) is 19.1 Å². The second-order valence-electron chi connectivity index (χ2n) is 3.53. The van der Waals surface area contributed by atoms with Gasteiger partial charge in [0.05, 0.1) is 12.2 Å². The first-order valence-electron chi connectivity index (χ1n) is 5.04. The molecule has 1 rings (SSSR count). The Bertz CT molecular complexity index is 420.